The van der Waals surface area contributed by atoms with Gasteiger partial charge in [0.05, 0.1) is 0 Å². The van der Waals surface area contributed by atoms with Crippen molar-refractivity contribution in [3.8, 4) is 0 Å². The monoisotopic (exact) mass is 1000 g/mol. The standard InChI is InChI=1S/2C18H12F3OSi.C18H15OSi.O.V/c2*19-13-1-7-16(8-2-13)23(22,17-9-3-14(20)4-10-17)18-11-5-15(21)6-12-18;19-20(16-10-4-1-5-11-16,17-12-6-2-7-13-17)18-14-8-3-9-15-18;;/h2*1-12H;1-15H;;/q3*-1;;+3. The van der Waals surface area contributed by atoms with Crippen molar-refractivity contribution in [2.24, 2.45) is 0 Å². The Morgan fingerprint density at radius 2 is 0.382 bits per heavy atom. The first-order valence-electron chi connectivity index (χ1n) is 21.4. The van der Waals surface area contributed by atoms with Gasteiger partial charge in [0.25, 0.3) is 0 Å². The second-order valence-corrected chi connectivity index (χ2v) is 29.7. The van der Waals surface area contributed by atoms with Crippen molar-refractivity contribution in [1.29, 1.82) is 0 Å². The number of rotatable bonds is 15. The molecule has 0 atom stereocenters. The molecule has 0 saturated carbocycles. The Labute approximate surface area is 396 Å². The summed E-state index contributed by atoms with van der Waals surface area (Å²) in [5.74, 6) is -3.61. The Kier molecular flexibility index (Phi) is 13.4. The average molecular weight is 1000 g/mol. The molecule has 4 nitrogen and oxygen atoms in total. The third-order valence-corrected chi connectivity index (χ3v) is 30.6. The molecule has 0 aliphatic heterocycles. The first-order chi connectivity index (χ1) is 32.9. The number of hydrogen-bond donors (Lipinski definition) is 0. The van der Waals surface area contributed by atoms with E-state index in [1.807, 2.05) is 91.0 Å². The van der Waals surface area contributed by atoms with Gasteiger partial charge in [-0.15, -0.1) is 0 Å². The van der Waals surface area contributed by atoms with Crippen molar-refractivity contribution < 1.29 is 55.1 Å². The molecular formula is C54H39F6O4Si3V. The van der Waals surface area contributed by atoms with Gasteiger partial charge in [0, 0.05) is 0 Å². The maximum absolute atomic E-state index is 17.9. The fourth-order valence-corrected chi connectivity index (χ4v) is 30.6. The topological polar surface area (TPSA) is 44.8 Å². The second kappa shape index (κ2) is 19.6. The van der Waals surface area contributed by atoms with E-state index in [-0.39, 0.29) is 0 Å². The fraction of sp³-hybridized carbons (Fsp3) is 0. The second-order valence-electron chi connectivity index (χ2n) is 15.9. The van der Waals surface area contributed by atoms with Crippen LogP contribution in [0.4, 0.5) is 26.3 Å². The summed E-state index contributed by atoms with van der Waals surface area (Å²) in [5.41, 5.74) is 0. The fourth-order valence-electron chi connectivity index (χ4n) is 8.66. The summed E-state index contributed by atoms with van der Waals surface area (Å²) in [6, 6.07) is 59.7. The Bertz CT molecular complexity index is 2690. The van der Waals surface area contributed by atoms with Crippen LogP contribution >= 0.6 is 0 Å². The molecule has 338 valence electrons. The van der Waals surface area contributed by atoms with Crippen LogP contribution in [0, 0.1) is 34.9 Å². The molecule has 68 heavy (non-hydrogen) atoms. The SMILES string of the molecule is [O]=[V]([O][Si](c1ccccc1)(c1ccccc1)c1ccccc1)([O][Si](c1ccc(F)cc1)(c1ccc(F)cc1)c1ccc(F)cc1)[O][Si](c1ccc(F)cc1)(c1ccc(F)cc1)c1ccc(F)cc1. The molecule has 0 N–H and O–H groups in total. The van der Waals surface area contributed by atoms with Crippen molar-refractivity contribution >= 4 is 71.6 Å². The van der Waals surface area contributed by atoms with Gasteiger partial charge < -0.3 is 0 Å². The Hall–Kier alpha value is -6.52. The van der Waals surface area contributed by atoms with E-state index in [1.54, 1.807) is 0 Å². The summed E-state index contributed by atoms with van der Waals surface area (Å²) in [7, 11) is -13.4. The van der Waals surface area contributed by atoms with E-state index in [0.29, 0.717) is 46.7 Å². The predicted octanol–water partition coefficient (Wildman–Crippen LogP) is 7.12. The van der Waals surface area contributed by atoms with Crippen LogP contribution in [0.15, 0.2) is 237 Å². The van der Waals surface area contributed by atoms with Crippen molar-refractivity contribution in [2.75, 3.05) is 0 Å². The van der Waals surface area contributed by atoms with E-state index in [4.69, 9.17) is 10.1 Å². The molecule has 0 radical (unpaired) electrons. The zero-order valence-electron chi connectivity index (χ0n) is 35.9. The first kappa shape index (κ1) is 46.6. The Morgan fingerprint density at radius 1 is 0.235 bits per heavy atom. The van der Waals surface area contributed by atoms with Crippen molar-refractivity contribution in [3.05, 3.63) is 271 Å². The minimum atomic E-state index is -6.59. The molecule has 0 fully saturated rings. The number of halogens is 6. The maximum atomic E-state index is 17.9. The van der Waals surface area contributed by atoms with Gasteiger partial charge in [0.1, 0.15) is 0 Å². The number of benzene rings is 9. The molecule has 0 unspecified atom stereocenters. The Morgan fingerprint density at radius 3 is 0.544 bits per heavy atom. The molecule has 0 aliphatic carbocycles. The zero-order chi connectivity index (χ0) is 47.4. The normalized spacial score (nSPS) is 12.2. The van der Waals surface area contributed by atoms with Gasteiger partial charge in [-0.3, -0.25) is 0 Å². The zero-order valence-corrected chi connectivity index (χ0v) is 40.3. The summed E-state index contributed by atoms with van der Waals surface area (Å²) in [5, 5.41) is 3.68. The molecule has 0 aromatic heterocycles. The van der Waals surface area contributed by atoms with E-state index in [9.17, 15) is 0 Å². The van der Waals surface area contributed by atoms with Crippen LogP contribution in [0.3, 0.4) is 0 Å². The summed E-state index contributed by atoms with van der Waals surface area (Å²) < 4.78 is 131. The quantitative estimate of drug-likeness (QED) is 0.0625. The van der Waals surface area contributed by atoms with Crippen LogP contribution in [-0.4, -0.2) is 25.0 Å². The van der Waals surface area contributed by atoms with Gasteiger partial charge in [-0.2, -0.15) is 0 Å². The molecule has 9 aromatic carbocycles. The molecule has 0 amide bonds. The average Bonchev–Trinajstić information content (AvgIpc) is 3.37. The summed E-state index contributed by atoms with van der Waals surface area (Å²) in [6.45, 7) is 0. The molecular weight excluding hydrogens is 962 g/mol. The van der Waals surface area contributed by atoms with E-state index in [2.05, 4.69) is 0 Å². The first-order valence-corrected chi connectivity index (χ1v) is 29.4. The number of hydrogen-bond acceptors (Lipinski definition) is 4. The third-order valence-electron chi connectivity index (χ3n) is 11.8. The molecule has 0 spiro atoms. The van der Waals surface area contributed by atoms with Crippen molar-refractivity contribution in [2.45, 2.75) is 0 Å². The van der Waals surface area contributed by atoms with Crippen molar-refractivity contribution in [1.82, 2.24) is 0 Å². The molecule has 0 heterocycles. The van der Waals surface area contributed by atoms with Crippen LogP contribution in [-0.2, 0) is 28.8 Å². The molecule has 14 heteroatoms. The predicted molar refractivity (Wildman–Crippen MR) is 256 cm³/mol. The van der Waals surface area contributed by atoms with Crippen LogP contribution in [0.5, 0.6) is 0 Å². The summed E-state index contributed by atoms with van der Waals surface area (Å²) in [6.07, 6.45) is 0. The molecule has 0 aliphatic rings. The molecule has 9 aromatic rings. The van der Waals surface area contributed by atoms with Crippen LogP contribution in [0.2, 0.25) is 0 Å². The van der Waals surface area contributed by atoms with Gasteiger partial charge in [0.15, 0.2) is 0 Å². The van der Waals surface area contributed by atoms with Gasteiger partial charge in [-0.25, -0.2) is 0 Å². The molecule has 9 rings (SSSR count). The van der Waals surface area contributed by atoms with Gasteiger partial charge in [0.2, 0.25) is 0 Å². The Balaban J connectivity index is 1.45. The van der Waals surface area contributed by atoms with Gasteiger partial charge in [-0.1, -0.05) is 0 Å². The van der Waals surface area contributed by atoms with E-state index in [0.717, 1.165) is 0 Å². The van der Waals surface area contributed by atoms with Crippen LogP contribution < -0.4 is 46.7 Å². The van der Waals surface area contributed by atoms with Crippen LogP contribution in [0.1, 0.15) is 0 Å². The van der Waals surface area contributed by atoms with Gasteiger partial charge >= 0.3 is 398 Å². The van der Waals surface area contributed by atoms with E-state index >= 15 is 30.0 Å². The summed E-state index contributed by atoms with van der Waals surface area (Å²) in [4.78, 5) is 0. The van der Waals surface area contributed by atoms with E-state index in [1.165, 1.54) is 146 Å². The van der Waals surface area contributed by atoms with Gasteiger partial charge in [-0.05, 0) is 0 Å². The third kappa shape index (κ3) is 9.10. The molecule has 0 bridgehead atoms. The molecule has 0 saturated heterocycles. The van der Waals surface area contributed by atoms with Crippen LogP contribution in [0.25, 0.3) is 0 Å². The van der Waals surface area contributed by atoms with Crippen molar-refractivity contribution in [3.63, 3.8) is 0 Å². The van der Waals surface area contributed by atoms with E-state index < -0.39 is 74.9 Å². The minimum absolute atomic E-state index is 0.301. The summed E-state index contributed by atoms with van der Waals surface area (Å²) >= 11 is -6.59.